The van der Waals surface area contributed by atoms with Gasteiger partial charge in [0.15, 0.2) is 0 Å². The Labute approximate surface area is 58.9 Å². The van der Waals surface area contributed by atoms with E-state index < -0.39 is 0 Å². The molecule has 0 unspecified atom stereocenters. The van der Waals surface area contributed by atoms with Gasteiger partial charge in [-0.15, -0.1) is 0 Å². The summed E-state index contributed by atoms with van der Waals surface area (Å²) in [6.07, 6.45) is 2.99. The molecule has 0 N–H and O–H groups in total. The van der Waals surface area contributed by atoms with Crippen LogP contribution in [0.2, 0.25) is 0 Å². The summed E-state index contributed by atoms with van der Waals surface area (Å²) < 4.78 is 9.34. The summed E-state index contributed by atoms with van der Waals surface area (Å²) in [6.45, 7) is 1.72. The van der Waals surface area contributed by atoms with E-state index >= 15 is 0 Å². The zero-order valence-corrected chi connectivity index (χ0v) is 5.88. The zero-order chi connectivity index (χ0) is 7.56. The molecule has 0 aliphatic carbocycles. The lowest BCUT2D eigenvalue weighted by Gasteiger charge is -1.91. The summed E-state index contributed by atoms with van der Waals surface area (Å²) in [5, 5.41) is 0. The minimum absolute atomic E-state index is 0.348. The minimum Gasteiger partial charge on any atom is -0.503 e. The number of hydrogen-bond acceptors (Lipinski definition) is 3. The first-order valence-electron chi connectivity index (χ1n) is 2.87. The second-order valence-electron chi connectivity index (χ2n) is 1.95. The first-order valence-corrected chi connectivity index (χ1v) is 2.87. The third-order valence-electron chi connectivity index (χ3n) is 1.09. The van der Waals surface area contributed by atoms with Gasteiger partial charge in [-0.2, -0.15) is 0 Å². The van der Waals surface area contributed by atoms with Crippen LogP contribution < -0.4 is 0 Å². The Hall–Kier alpha value is -1.25. The van der Waals surface area contributed by atoms with Gasteiger partial charge in [0, 0.05) is 0 Å². The molecule has 1 aliphatic heterocycles. The molecule has 0 amide bonds. The van der Waals surface area contributed by atoms with Gasteiger partial charge in [-0.05, 0) is 13.0 Å². The van der Waals surface area contributed by atoms with Gasteiger partial charge in [-0.25, -0.2) is 4.79 Å². The van der Waals surface area contributed by atoms with E-state index in [1.165, 1.54) is 13.4 Å². The van der Waals surface area contributed by atoms with Crippen molar-refractivity contribution in [2.45, 2.75) is 6.92 Å². The van der Waals surface area contributed by atoms with Gasteiger partial charge in [0.25, 0.3) is 0 Å². The number of methoxy groups -OCH3 is 1. The van der Waals surface area contributed by atoms with E-state index in [1.807, 2.05) is 0 Å². The minimum atomic E-state index is -0.348. The maximum atomic E-state index is 10.8. The SMILES string of the molecule is CO/C=C1\C=C(C)OC1=O. The highest BCUT2D eigenvalue weighted by Gasteiger charge is 2.17. The molecule has 1 rings (SSSR count). The fourth-order valence-electron chi connectivity index (χ4n) is 0.722. The van der Waals surface area contributed by atoms with Gasteiger partial charge in [0.2, 0.25) is 0 Å². The van der Waals surface area contributed by atoms with Crippen LogP contribution in [0.4, 0.5) is 0 Å². The van der Waals surface area contributed by atoms with Crippen molar-refractivity contribution in [2.75, 3.05) is 7.11 Å². The molecule has 0 atom stereocenters. The van der Waals surface area contributed by atoms with Gasteiger partial charge in [-0.3, -0.25) is 0 Å². The topological polar surface area (TPSA) is 35.5 Å². The standard InChI is InChI=1S/C7H8O3/c1-5-3-6(4-9-2)7(8)10-5/h3-4H,1-2H3/b6-4+. The van der Waals surface area contributed by atoms with E-state index in [9.17, 15) is 4.79 Å². The van der Waals surface area contributed by atoms with Crippen LogP contribution in [0.25, 0.3) is 0 Å². The van der Waals surface area contributed by atoms with Gasteiger partial charge in [0.1, 0.15) is 5.76 Å². The number of hydrogen-bond donors (Lipinski definition) is 0. The molecule has 0 fully saturated rings. The van der Waals surface area contributed by atoms with Crippen molar-refractivity contribution < 1.29 is 14.3 Å². The molecule has 0 radical (unpaired) electrons. The number of rotatable bonds is 1. The highest BCUT2D eigenvalue weighted by Crippen LogP contribution is 2.15. The van der Waals surface area contributed by atoms with Crippen LogP contribution in [0.15, 0.2) is 23.7 Å². The van der Waals surface area contributed by atoms with Crippen LogP contribution in [0.3, 0.4) is 0 Å². The Bertz CT molecular complexity index is 213. The predicted octanol–water partition coefficient (Wildman–Crippen LogP) is 0.977. The van der Waals surface area contributed by atoms with Crippen molar-refractivity contribution in [3.05, 3.63) is 23.7 Å². The largest absolute Gasteiger partial charge is 0.503 e. The molecule has 0 aromatic heterocycles. The molecule has 1 aliphatic rings. The Balaban J connectivity index is 2.79. The second-order valence-corrected chi connectivity index (χ2v) is 1.95. The molecule has 0 spiro atoms. The van der Waals surface area contributed by atoms with E-state index in [0.717, 1.165) is 0 Å². The Morgan fingerprint density at radius 1 is 1.70 bits per heavy atom. The van der Waals surface area contributed by atoms with E-state index in [2.05, 4.69) is 4.74 Å². The average molecular weight is 140 g/mol. The van der Waals surface area contributed by atoms with Gasteiger partial charge < -0.3 is 9.47 Å². The summed E-state index contributed by atoms with van der Waals surface area (Å²) in [5.41, 5.74) is 0.458. The maximum Gasteiger partial charge on any atom is 0.346 e. The van der Waals surface area contributed by atoms with Crippen LogP contribution in [0.1, 0.15) is 6.92 Å². The molecule has 0 aromatic carbocycles. The van der Waals surface area contributed by atoms with Crippen molar-refractivity contribution in [1.82, 2.24) is 0 Å². The molecule has 54 valence electrons. The fraction of sp³-hybridized carbons (Fsp3) is 0.286. The fourth-order valence-corrected chi connectivity index (χ4v) is 0.722. The van der Waals surface area contributed by atoms with Crippen molar-refractivity contribution >= 4 is 5.97 Å². The lowest BCUT2D eigenvalue weighted by Crippen LogP contribution is -1.96. The first kappa shape index (κ1) is 6.86. The summed E-state index contributed by atoms with van der Waals surface area (Å²) in [4.78, 5) is 10.8. The van der Waals surface area contributed by atoms with Crippen molar-refractivity contribution in [1.29, 1.82) is 0 Å². The molecule has 1 heterocycles. The van der Waals surface area contributed by atoms with Crippen molar-refractivity contribution in [2.24, 2.45) is 0 Å². The molecule has 3 nitrogen and oxygen atoms in total. The number of esters is 1. The van der Waals surface area contributed by atoms with Crippen LogP contribution in [0.5, 0.6) is 0 Å². The third kappa shape index (κ3) is 1.18. The molecule has 0 aromatic rings. The predicted molar refractivity (Wildman–Crippen MR) is 34.9 cm³/mol. The van der Waals surface area contributed by atoms with Crippen LogP contribution in [-0.4, -0.2) is 13.1 Å². The van der Waals surface area contributed by atoms with Crippen LogP contribution in [-0.2, 0) is 14.3 Å². The number of ether oxygens (including phenoxy) is 2. The number of carbonyl (C=O) groups is 1. The maximum absolute atomic E-state index is 10.8. The molecular formula is C7H8O3. The molecular weight excluding hydrogens is 132 g/mol. The highest BCUT2D eigenvalue weighted by molar-refractivity contribution is 5.94. The summed E-state index contributed by atoms with van der Waals surface area (Å²) in [6, 6.07) is 0. The van der Waals surface area contributed by atoms with Crippen LogP contribution >= 0.6 is 0 Å². The zero-order valence-electron chi connectivity index (χ0n) is 5.88. The molecule has 0 saturated heterocycles. The second kappa shape index (κ2) is 2.56. The Kier molecular flexibility index (Phi) is 1.76. The van der Waals surface area contributed by atoms with E-state index in [4.69, 9.17) is 4.74 Å². The average Bonchev–Trinajstić information content (AvgIpc) is 2.13. The monoisotopic (exact) mass is 140 g/mol. The van der Waals surface area contributed by atoms with Gasteiger partial charge in [-0.1, -0.05) is 0 Å². The number of allylic oxidation sites excluding steroid dienone is 1. The summed E-state index contributed by atoms with van der Waals surface area (Å²) in [7, 11) is 1.49. The number of carbonyl (C=O) groups excluding carboxylic acids is 1. The summed E-state index contributed by atoms with van der Waals surface area (Å²) >= 11 is 0. The van der Waals surface area contributed by atoms with E-state index in [1.54, 1.807) is 13.0 Å². The Morgan fingerprint density at radius 2 is 2.40 bits per heavy atom. The normalized spacial score (nSPS) is 20.8. The first-order chi connectivity index (χ1) is 4.74. The van der Waals surface area contributed by atoms with E-state index in [0.29, 0.717) is 11.3 Å². The van der Waals surface area contributed by atoms with Crippen molar-refractivity contribution in [3.8, 4) is 0 Å². The smallest absolute Gasteiger partial charge is 0.346 e. The van der Waals surface area contributed by atoms with Crippen molar-refractivity contribution in [3.63, 3.8) is 0 Å². The van der Waals surface area contributed by atoms with E-state index in [-0.39, 0.29) is 5.97 Å². The van der Waals surface area contributed by atoms with Gasteiger partial charge >= 0.3 is 5.97 Å². The molecule has 10 heavy (non-hydrogen) atoms. The lowest BCUT2D eigenvalue weighted by atomic mass is 10.3. The van der Waals surface area contributed by atoms with Gasteiger partial charge in [0.05, 0.1) is 18.9 Å². The Morgan fingerprint density at radius 3 is 2.80 bits per heavy atom. The summed E-state index contributed by atoms with van der Waals surface area (Å²) in [5.74, 6) is 0.257. The van der Waals surface area contributed by atoms with Crippen LogP contribution in [0, 0.1) is 0 Å². The number of cyclic esters (lactones) is 1. The highest BCUT2D eigenvalue weighted by atomic mass is 16.5. The molecule has 3 heteroatoms. The third-order valence-corrected chi connectivity index (χ3v) is 1.09. The quantitative estimate of drug-likeness (QED) is 0.309. The molecule has 0 saturated carbocycles. The lowest BCUT2D eigenvalue weighted by molar-refractivity contribution is -0.133. The molecule has 0 bridgehead atoms.